The van der Waals surface area contributed by atoms with E-state index >= 15 is 0 Å². The second-order valence-corrected chi connectivity index (χ2v) is 9.60. The van der Waals surface area contributed by atoms with Gasteiger partial charge in [0.1, 0.15) is 17.3 Å². The minimum absolute atomic E-state index is 0.00762. The third-order valence-electron chi connectivity index (χ3n) is 6.25. The van der Waals surface area contributed by atoms with Crippen LogP contribution in [-0.4, -0.2) is 28.5 Å². The first-order valence-electron chi connectivity index (χ1n) is 11.5. The Morgan fingerprint density at radius 2 is 2.00 bits per heavy atom. The lowest BCUT2D eigenvalue weighted by molar-refractivity contribution is -0.384. The number of benzene rings is 1. The number of thiophene rings is 1. The van der Waals surface area contributed by atoms with Crippen LogP contribution in [0.15, 0.2) is 47.4 Å². The van der Waals surface area contributed by atoms with Crippen molar-refractivity contribution < 1.29 is 9.72 Å². The molecule has 0 spiro atoms. The number of aryl methyl sites for hydroxylation is 1. The molecule has 0 radical (unpaired) electrons. The summed E-state index contributed by atoms with van der Waals surface area (Å²) in [6, 6.07) is 13.0. The van der Waals surface area contributed by atoms with Crippen molar-refractivity contribution >= 4 is 34.7 Å². The molecule has 0 saturated carbocycles. The summed E-state index contributed by atoms with van der Waals surface area (Å²) >= 11 is 1.54. The molecule has 2 aromatic heterocycles. The van der Waals surface area contributed by atoms with Crippen LogP contribution in [0.2, 0.25) is 0 Å². The Hall–Kier alpha value is -3.90. The molecule has 35 heavy (non-hydrogen) atoms. The smallest absolute Gasteiger partial charge is 0.294 e. The molecule has 4 rings (SSSR count). The molecule has 9 heteroatoms. The number of nitrogens with one attached hydrogen (secondary N) is 1. The number of aromatic nitrogens is 1. The fourth-order valence-corrected chi connectivity index (χ4v) is 5.15. The summed E-state index contributed by atoms with van der Waals surface area (Å²) in [5, 5.41) is 26.2. The van der Waals surface area contributed by atoms with Gasteiger partial charge >= 0.3 is 0 Å². The second-order valence-electron chi connectivity index (χ2n) is 8.57. The Morgan fingerprint density at radius 3 is 2.66 bits per heavy atom. The zero-order chi connectivity index (χ0) is 24.9. The Labute approximate surface area is 208 Å². The summed E-state index contributed by atoms with van der Waals surface area (Å²) in [4.78, 5) is 27.2. The Kier molecular flexibility index (Phi) is 7.32. The number of nitro groups is 1. The van der Waals surface area contributed by atoms with E-state index in [9.17, 15) is 20.2 Å². The van der Waals surface area contributed by atoms with E-state index in [-0.39, 0.29) is 16.2 Å². The summed E-state index contributed by atoms with van der Waals surface area (Å²) in [6.45, 7) is 5.78. The van der Waals surface area contributed by atoms with E-state index in [1.165, 1.54) is 11.3 Å². The number of carbonyl (C=O) groups excluding carboxylic acids is 1. The molecule has 180 valence electrons. The van der Waals surface area contributed by atoms with E-state index in [0.29, 0.717) is 23.5 Å². The summed E-state index contributed by atoms with van der Waals surface area (Å²) in [7, 11) is 0. The number of anilines is 1. The van der Waals surface area contributed by atoms with Gasteiger partial charge in [0.05, 0.1) is 17.2 Å². The molecule has 1 saturated heterocycles. The van der Waals surface area contributed by atoms with E-state index in [2.05, 4.69) is 10.2 Å². The first-order valence-corrected chi connectivity index (χ1v) is 12.4. The summed E-state index contributed by atoms with van der Waals surface area (Å²) in [6.07, 6.45) is 4.79. The first-order chi connectivity index (χ1) is 16.9. The van der Waals surface area contributed by atoms with Gasteiger partial charge < -0.3 is 14.8 Å². The predicted octanol–water partition coefficient (Wildman–Crippen LogP) is 5.28. The first kappa shape index (κ1) is 24.2. The lowest BCUT2D eigenvalue weighted by atomic mass is 10.1. The van der Waals surface area contributed by atoms with E-state index < -0.39 is 5.91 Å². The van der Waals surface area contributed by atoms with Crippen molar-refractivity contribution in [3.63, 3.8) is 0 Å². The molecule has 3 aromatic rings. The zero-order valence-electron chi connectivity index (χ0n) is 19.8. The van der Waals surface area contributed by atoms with Crippen molar-refractivity contribution in [3.05, 3.63) is 79.3 Å². The highest BCUT2D eigenvalue weighted by molar-refractivity contribution is 7.09. The van der Waals surface area contributed by atoms with Crippen molar-refractivity contribution in [3.8, 4) is 11.8 Å². The number of hydrogen-bond acceptors (Lipinski definition) is 6. The standard InChI is InChI=1S/C26H27N5O3S/c1-18-13-20(14-21(16-27)26(32)28-17-23-7-6-12-35-23)19(2)30(18)22-8-9-24(25(15-22)31(33)34)29-10-4-3-5-11-29/h6-9,12-15H,3-5,10-11,17H2,1-2H3,(H,28,32)/b21-14+. The predicted molar refractivity (Wildman–Crippen MR) is 138 cm³/mol. The number of nitro benzene ring substituents is 1. The van der Waals surface area contributed by atoms with Crippen LogP contribution in [0.25, 0.3) is 11.8 Å². The Morgan fingerprint density at radius 1 is 1.23 bits per heavy atom. The molecule has 1 aliphatic rings. The van der Waals surface area contributed by atoms with E-state index in [1.807, 2.05) is 60.2 Å². The van der Waals surface area contributed by atoms with E-state index in [0.717, 1.165) is 48.6 Å². The van der Waals surface area contributed by atoms with Crippen molar-refractivity contribution in [1.82, 2.24) is 9.88 Å². The third kappa shape index (κ3) is 5.28. The average Bonchev–Trinajstić information content (AvgIpc) is 3.48. The molecule has 0 atom stereocenters. The molecule has 0 bridgehead atoms. The maximum Gasteiger partial charge on any atom is 0.294 e. The number of rotatable bonds is 7. The van der Waals surface area contributed by atoms with Gasteiger partial charge in [-0.15, -0.1) is 11.3 Å². The minimum atomic E-state index is -0.438. The molecule has 1 fully saturated rings. The maximum absolute atomic E-state index is 12.6. The quantitative estimate of drug-likeness (QED) is 0.210. The van der Waals surface area contributed by atoms with Gasteiger partial charge in [0, 0.05) is 35.4 Å². The molecule has 1 aliphatic heterocycles. The monoisotopic (exact) mass is 489 g/mol. The van der Waals surface area contributed by atoms with Crippen LogP contribution in [0.1, 0.15) is 41.1 Å². The van der Waals surface area contributed by atoms with Gasteiger partial charge in [0.2, 0.25) is 0 Å². The maximum atomic E-state index is 12.6. The molecule has 1 N–H and O–H groups in total. The number of piperidine rings is 1. The van der Waals surface area contributed by atoms with E-state index in [1.54, 1.807) is 12.1 Å². The Balaban J connectivity index is 1.63. The van der Waals surface area contributed by atoms with Crippen molar-refractivity contribution in [2.75, 3.05) is 18.0 Å². The molecule has 3 heterocycles. The lowest BCUT2D eigenvalue weighted by Gasteiger charge is -2.28. The van der Waals surface area contributed by atoms with Crippen LogP contribution in [-0.2, 0) is 11.3 Å². The molecular weight excluding hydrogens is 462 g/mol. The van der Waals surface area contributed by atoms with Crippen LogP contribution in [0.5, 0.6) is 0 Å². The van der Waals surface area contributed by atoms with Gasteiger partial charge in [0.15, 0.2) is 0 Å². The number of amides is 1. The van der Waals surface area contributed by atoms with Crippen molar-refractivity contribution in [1.29, 1.82) is 5.26 Å². The van der Waals surface area contributed by atoms with Crippen molar-refractivity contribution in [2.45, 2.75) is 39.7 Å². The summed E-state index contributed by atoms with van der Waals surface area (Å²) < 4.78 is 1.91. The molecule has 8 nitrogen and oxygen atoms in total. The highest BCUT2D eigenvalue weighted by Crippen LogP contribution is 2.34. The highest BCUT2D eigenvalue weighted by atomic mass is 32.1. The molecule has 0 unspecified atom stereocenters. The van der Waals surface area contributed by atoms with Gasteiger partial charge in [-0.3, -0.25) is 14.9 Å². The van der Waals surface area contributed by atoms with Gasteiger partial charge in [-0.25, -0.2) is 0 Å². The van der Waals surface area contributed by atoms with Gasteiger partial charge in [-0.1, -0.05) is 6.07 Å². The van der Waals surface area contributed by atoms with Crippen molar-refractivity contribution in [2.24, 2.45) is 0 Å². The van der Waals surface area contributed by atoms with Crippen LogP contribution < -0.4 is 10.2 Å². The number of hydrogen-bond donors (Lipinski definition) is 1. The van der Waals surface area contributed by atoms with Crippen LogP contribution in [0.3, 0.4) is 0 Å². The third-order valence-corrected chi connectivity index (χ3v) is 7.13. The fraction of sp³-hybridized carbons (Fsp3) is 0.308. The molecular formula is C26H27N5O3S. The largest absolute Gasteiger partial charge is 0.366 e. The summed E-state index contributed by atoms with van der Waals surface area (Å²) in [5.41, 5.74) is 3.77. The van der Waals surface area contributed by atoms with E-state index in [4.69, 9.17) is 0 Å². The number of nitrogens with zero attached hydrogens (tertiary/aromatic N) is 4. The highest BCUT2D eigenvalue weighted by Gasteiger charge is 2.23. The summed E-state index contributed by atoms with van der Waals surface area (Å²) in [5.74, 6) is -0.438. The molecule has 1 aromatic carbocycles. The lowest BCUT2D eigenvalue weighted by Crippen LogP contribution is -2.30. The normalized spacial score (nSPS) is 14.0. The molecule has 0 aliphatic carbocycles. The van der Waals surface area contributed by atoms with Crippen LogP contribution >= 0.6 is 11.3 Å². The fourth-order valence-electron chi connectivity index (χ4n) is 4.51. The number of carbonyl (C=O) groups is 1. The average molecular weight is 490 g/mol. The SMILES string of the molecule is Cc1cc(/C=C(\C#N)C(=O)NCc2cccs2)c(C)n1-c1ccc(N2CCCCC2)c([N+](=O)[O-])c1. The van der Waals surface area contributed by atoms with Gasteiger partial charge in [-0.05, 0) is 74.4 Å². The van der Waals surface area contributed by atoms with Crippen LogP contribution in [0, 0.1) is 35.3 Å². The molecule has 1 amide bonds. The number of nitriles is 1. The van der Waals surface area contributed by atoms with Gasteiger partial charge in [-0.2, -0.15) is 5.26 Å². The zero-order valence-corrected chi connectivity index (χ0v) is 20.6. The van der Waals surface area contributed by atoms with Gasteiger partial charge in [0.25, 0.3) is 11.6 Å². The minimum Gasteiger partial charge on any atom is -0.366 e. The topological polar surface area (TPSA) is 104 Å². The second kappa shape index (κ2) is 10.6. The Bertz CT molecular complexity index is 1310. The van der Waals surface area contributed by atoms with Crippen LogP contribution in [0.4, 0.5) is 11.4 Å².